The maximum absolute atomic E-state index is 13.3. The minimum Gasteiger partial charge on any atom is -0.507 e. The fourth-order valence-corrected chi connectivity index (χ4v) is 4.42. The molecule has 1 atom stereocenters. The number of nitrogens with zero attached hydrogens (tertiary/aromatic N) is 1. The normalized spacial score (nSPS) is 17.1. The molecule has 180 valence electrons. The molecule has 0 spiro atoms. The average molecular weight is 512 g/mol. The lowest BCUT2D eigenvalue weighted by Crippen LogP contribution is -2.29. The van der Waals surface area contributed by atoms with Gasteiger partial charge in [-0.2, -0.15) is 0 Å². The molecule has 6 nitrogen and oxygen atoms in total. The van der Waals surface area contributed by atoms with Crippen LogP contribution in [-0.4, -0.2) is 30.5 Å². The number of aliphatic hydroxyl groups is 1. The summed E-state index contributed by atoms with van der Waals surface area (Å²) in [5.74, 6) is -0.954. The summed E-state index contributed by atoms with van der Waals surface area (Å²) in [5.41, 5.74) is 2.21. The van der Waals surface area contributed by atoms with Crippen LogP contribution in [0.5, 0.6) is 11.5 Å². The molecule has 0 aromatic heterocycles. The van der Waals surface area contributed by atoms with Crippen molar-refractivity contribution >= 4 is 46.3 Å². The van der Waals surface area contributed by atoms with Crippen LogP contribution in [0.25, 0.3) is 5.76 Å². The van der Waals surface area contributed by atoms with E-state index in [1.165, 1.54) is 24.1 Å². The van der Waals surface area contributed by atoms with Gasteiger partial charge < -0.3 is 14.6 Å². The van der Waals surface area contributed by atoms with E-state index in [2.05, 4.69) is 0 Å². The molecule has 8 heteroatoms. The van der Waals surface area contributed by atoms with E-state index in [4.69, 9.17) is 32.7 Å². The molecule has 1 saturated heterocycles. The zero-order chi connectivity index (χ0) is 25.3. The largest absolute Gasteiger partial charge is 0.507 e. The Kier molecular flexibility index (Phi) is 7.05. The van der Waals surface area contributed by atoms with Crippen LogP contribution in [0.1, 0.15) is 29.7 Å². The molecule has 35 heavy (non-hydrogen) atoms. The molecule has 1 aliphatic rings. The molecule has 3 aromatic carbocycles. The van der Waals surface area contributed by atoms with Gasteiger partial charge in [0.15, 0.2) is 11.5 Å². The van der Waals surface area contributed by atoms with E-state index in [0.717, 1.165) is 5.56 Å². The molecule has 1 aliphatic heterocycles. The maximum atomic E-state index is 13.3. The van der Waals surface area contributed by atoms with E-state index in [-0.39, 0.29) is 21.9 Å². The molecule has 3 aromatic rings. The molecular weight excluding hydrogens is 489 g/mol. The summed E-state index contributed by atoms with van der Waals surface area (Å²) in [6, 6.07) is 16.0. The number of Topliss-reactive ketones (excluding diaryl/α,β-unsaturated/α-hetero) is 1. The van der Waals surface area contributed by atoms with E-state index in [9.17, 15) is 14.7 Å². The second-order valence-electron chi connectivity index (χ2n) is 7.98. The van der Waals surface area contributed by atoms with Gasteiger partial charge in [-0.3, -0.25) is 14.5 Å². The van der Waals surface area contributed by atoms with Gasteiger partial charge in [-0.1, -0.05) is 41.4 Å². The van der Waals surface area contributed by atoms with Crippen molar-refractivity contribution in [3.05, 3.63) is 93.0 Å². The number of aryl methyl sites for hydroxylation is 1. The molecule has 0 bridgehead atoms. The zero-order valence-corrected chi connectivity index (χ0v) is 20.9. The number of ketones is 1. The van der Waals surface area contributed by atoms with Gasteiger partial charge in [0.05, 0.1) is 35.4 Å². The summed E-state index contributed by atoms with van der Waals surface area (Å²) in [6.45, 7) is 4.13. The quantitative estimate of drug-likeness (QED) is 0.237. The highest BCUT2D eigenvalue weighted by atomic mass is 35.5. The van der Waals surface area contributed by atoms with E-state index in [0.29, 0.717) is 34.4 Å². The fourth-order valence-electron chi connectivity index (χ4n) is 4.12. The summed E-state index contributed by atoms with van der Waals surface area (Å²) in [7, 11) is 1.53. The van der Waals surface area contributed by atoms with Gasteiger partial charge >= 0.3 is 0 Å². The van der Waals surface area contributed by atoms with Crippen molar-refractivity contribution in [2.75, 3.05) is 18.6 Å². The van der Waals surface area contributed by atoms with Gasteiger partial charge in [-0.25, -0.2) is 0 Å². The number of aliphatic hydroxyl groups excluding tert-OH is 1. The third-order valence-electron chi connectivity index (χ3n) is 5.72. The highest BCUT2D eigenvalue weighted by Crippen LogP contribution is 2.44. The first-order valence-electron chi connectivity index (χ1n) is 10.9. The topological polar surface area (TPSA) is 76.1 Å². The van der Waals surface area contributed by atoms with Crippen LogP contribution >= 0.6 is 23.2 Å². The fraction of sp³-hybridized carbons (Fsp3) is 0.185. The summed E-state index contributed by atoms with van der Waals surface area (Å²) >= 11 is 12.2. The number of rotatable bonds is 6. The first kappa shape index (κ1) is 24.6. The number of hydrogen-bond donors (Lipinski definition) is 1. The maximum Gasteiger partial charge on any atom is 0.300 e. The van der Waals surface area contributed by atoms with Crippen LogP contribution in [-0.2, 0) is 9.59 Å². The Morgan fingerprint density at radius 1 is 1.00 bits per heavy atom. The third-order valence-corrected chi connectivity index (χ3v) is 6.46. The Morgan fingerprint density at radius 3 is 2.43 bits per heavy atom. The average Bonchev–Trinajstić information content (AvgIpc) is 3.11. The van der Waals surface area contributed by atoms with Crippen LogP contribution in [0.4, 0.5) is 5.69 Å². The summed E-state index contributed by atoms with van der Waals surface area (Å²) in [6.07, 6.45) is 0. The Hall–Kier alpha value is -3.48. The number of anilines is 1. The van der Waals surface area contributed by atoms with Crippen LogP contribution < -0.4 is 14.4 Å². The highest BCUT2D eigenvalue weighted by Gasteiger charge is 2.47. The smallest absolute Gasteiger partial charge is 0.300 e. The number of halogens is 2. The van der Waals surface area contributed by atoms with Crippen LogP contribution in [0.15, 0.2) is 66.2 Å². The second kappa shape index (κ2) is 10.0. The first-order chi connectivity index (χ1) is 16.8. The monoisotopic (exact) mass is 511 g/mol. The lowest BCUT2D eigenvalue weighted by molar-refractivity contribution is -0.132. The third kappa shape index (κ3) is 4.59. The molecule has 0 saturated carbocycles. The number of amides is 1. The second-order valence-corrected chi connectivity index (χ2v) is 8.79. The van der Waals surface area contributed by atoms with Crippen LogP contribution in [0.2, 0.25) is 10.0 Å². The molecule has 1 unspecified atom stereocenters. The molecular formula is C27H23Cl2NO5. The number of carbonyl (C=O) groups is 2. The number of benzene rings is 3. The number of carbonyl (C=O) groups excluding carboxylic acids is 2. The molecule has 1 heterocycles. The predicted octanol–water partition coefficient (Wildman–Crippen LogP) is 6.34. The Morgan fingerprint density at radius 2 is 1.77 bits per heavy atom. The van der Waals surface area contributed by atoms with Gasteiger partial charge in [0, 0.05) is 11.3 Å². The van der Waals surface area contributed by atoms with E-state index in [1.807, 2.05) is 26.0 Å². The lowest BCUT2D eigenvalue weighted by atomic mass is 9.94. The minimum atomic E-state index is -0.920. The van der Waals surface area contributed by atoms with Crippen molar-refractivity contribution in [3.8, 4) is 11.5 Å². The highest BCUT2D eigenvalue weighted by molar-refractivity contribution is 6.51. The van der Waals surface area contributed by atoms with Crippen molar-refractivity contribution in [1.82, 2.24) is 0 Å². The zero-order valence-electron chi connectivity index (χ0n) is 19.3. The van der Waals surface area contributed by atoms with Gasteiger partial charge in [-0.15, -0.1) is 0 Å². The number of hydrogen-bond acceptors (Lipinski definition) is 5. The molecule has 1 N–H and O–H groups in total. The van der Waals surface area contributed by atoms with Crippen molar-refractivity contribution in [1.29, 1.82) is 0 Å². The van der Waals surface area contributed by atoms with Gasteiger partial charge in [0.25, 0.3) is 11.7 Å². The summed E-state index contributed by atoms with van der Waals surface area (Å²) < 4.78 is 11.1. The minimum absolute atomic E-state index is 0.0671. The van der Waals surface area contributed by atoms with Gasteiger partial charge in [-0.05, 0) is 67.4 Å². The lowest BCUT2D eigenvalue weighted by Gasteiger charge is -2.26. The van der Waals surface area contributed by atoms with Crippen LogP contribution in [0.3, 0.4) is 0 Å². The molecule has 4 rings (SSSR count). The molecule has 1 fully saturated rings. The first-order valence-corrected chi connectivity index (χ1v) is 11.7. The van der Waals surface area contributed by atoms with Crippen LogP contribution in [0, 0.1) is 6.92 Å². The van der Waals surface area contributed by atoms with E-state index >= 15 is 0 Å². The van der Waals surface area contributed by atoms with Crippen molar-refractivity contribution < 1.29 is 24.2 Å². The Balaban J connectivity index is 1.98. The predicted molar refractivity (Wildman–Crippen MR) is 137 cm³/mol. The molecule has 1 amide bonds. The standard InChI is InChI=1S/C27H23Cl2NO5/c1-4-35-22-14-16(9-11-21(22)34-3)24-23(25(31)17-8-10-19(28)20(29)13-17)26(32)27(33)30(24)18-7-5-6-15(2)12-18/h5-14,24,31H,4H2,1-3H3/b25-23-. The van der Waals surface area contributed by atoms with Gasteiger partial charge in [0.1, 0.15) is 5.76 Å². The van der Waals surface area contributed by atoms with Crippen molar-refractivity contribution in [2.24, 2.45) is 0 Å². The van der Waals surface area contributed by atoms with E-state index < -0.39 is 17.7 Å². The Bertz CT molecular complexity index is 1350. The molecule has 0 aliphatic carbocycles. The number of ether oxygens (including phenoxy) is 2. The van der Waals surface area contributed by atoms with E-state index in [1.54, 1.807) is 36.4 Å². The van der Waals surface area contributed by atoms with Crippen molar-refractivity contribution in [3.63, 3.8) is 0 Å². The number of methoxy groups -OCH3 is 1. The van der Waals surface area contributed by atoms with Gasteiger partial charge in [0.2, 0.25) is 0 Å². The summed E-state index contributed by atoms with van der Waals surface area (Å²) in [4.78, 5) is 28.0. The molecule has 0 radical (unpaired) electrons. The SMILES string of the molecule is CCOc1cc(C2/C(=C(/O)c3ccc(Cl)c(Cl)c3)C(=O)C(=O)N2c2cccc(C)c2)ccc1OC. The Labute approximate surface area is 213 Å². The summed E-state index contributed by atoms with van der Waals surface area (Å²) in [5, 5.41) is 11.8. The van der Waals surface area contributed by atoms with Crippen molar-refractivity contribution in [2.45, 2.75) is 19.9 Å².